The van der Waals surface area contributed by atoms with E-state index >= 15 is 0 Å². The van der Waals surface area contributed by atoms with Crippen LogP contribution in [0.3, 0.4) is 0 Å². The molecule has 0 aliphatic heterocycles. The molecule has 92 valence electrons. The molecule has 5 nitrogen and oxygen atoms in total. The van der Waals surface area contributed by atoms with Crippen LogP contribution in [0, 0.1) is 6.92 Å². The Morgan fingerprint density at radius 2 is 2.33 bits per heavy atom. The van der Waals surface area contributed by atoms with Crippen molar-refractivity contribution in [1.29, 1.82) is 0 Å². The van der Waals surface area contributed by atoms with Crippen molar-refractivity contribution in [2.75, 3.05) is 11.9 Å². The van der Waals surface area contributed by atoms with Crippen molar-refractivity contribution < 1.29 is 0 Å². The summed E-state index contributed by atoms with van der Waals surface area (Å²) in [4.78, 5) is 4.59. The molecule has 0 bridgehead atoms. The van der Waals surface area contributed by atoms with E-state index in [0.717, 1.165) is 23.7 Å². The van der Waals surface area contributed by atoms with Gasteiger partial charge in [-0.3, -0.25) is 4.68 Å². The molecule has 1 N–H and O–H groups in total. The molecule has 3 aromatic rings. The number of anilines is 1. The fraction of sp³-hybridized carbons (Fsp3) is 0.250. The number of hydrogen-bond acceptors (Lipinski definition) is 5. The Balaban J connectivity index is 1.69. The maximum absolute atomic E-state index is 4.59. The number of nitrogens with zero attached hydrogens (tertiary/aromatic N) is 4. The van der Waals surface area contributed by atoms with Crippen LogP contribution >= 0.6 is 11.3 Å². The van der Waals surface area contributed by atoms with Crippen LogP contribution in [0.2, 0.25) is 0 Å². The molecule has 2 aromatic heterocycles. The molecule has 0 unspecified atom stereocenters. The van der Waals surface area contributed by atoms with Gasteiger partial charge in [-0.2, -0.15) is 0 Å². The van der Waals surface area contributed by atoms with E-state index < -0.39 is 0 Å². The van der Waals surface area contributed by atoms with E-state index in [0.29, 0.717) is 0 Å². The van der Waals surface area contributed by atoms with Crippen LogP contribution in [0.25, 0.3) is 10.2 Å². The Kier molecular flexibility index (Phi) is 2.93. The highest BCUT2D eigenvalue weighted by atomic mass is 32.1. The Bertz CT molecular complexity index is 644. The first-order valence-electron chi connectivity index (χ1n) is 5.77. The van der Waals surface area contributed by atoms with Gasteiger partial charge in [0.2, 0.25) is 0 Å². The summed E-state index contributed by atoms with van der Waals surface area (Å²) < 4.78 is 3.02. The van der Waals surface area contributed by atoms with Gasteiger partial charge >= 0.3 is 0 Å². The molecule has 0 aliphatic rings. The average molecular weight is 259 g/mol. The van der Waals surface area contributed by atoms with Crippen molar-refractivity contribution in [2.45, 2.75) is 13.5 Å². The molecule has 0 radical (unpaired) electrons. The summed E-state index contributed by atoms with van der Waals surface area (Å²) in [6.07, 6.45) is 3.53. The van der Waals surface area contributed by atoms with E-state index in [9.17, 15) is 0 Å². The van der Waals surface area contributed by atoms with Crippen LogP contribution < -0.4 is 5.32 Å². The molecule has 3 rings (SSSR count). The maximum atomic E-state index is 4.59. The van der Waals surface area contributed by atoms with E-state index in [1.165, 1.54) is 10.3 Å². The van der Waals surface area contributed by atoms with Gasteiger partial charge in [0.05, 0.1) is 23.0 Å². The zero-order valence-corrected chi connectivity index (χ0v) is 10.8. The van der Waals surface area contributed by atoms with Crippen LogP contribution in [0.15, 0.2) is 30.6 Å². The largest absolute Gasteiger partial charge is 0.360 e. The molecule has 0 fully saturated rings. The molecule has 0 aliphatic carbocycles. The fourth-order valence-corrected chi connectivity index (χ4v) is 2.76. The Morgan fingerprint density at radius 3 is 3.11 bits per heavy atom. The van der Waals surface area contributed by atoms with Crippen molar-refractivity contribution in [3.63, 3.8) is 0 Å². The van der Waals surface area contributed by atoms with E-state index in [1.54, 1.807) is 22.2 Å². The highest BCUT2D eigenvalue weighted by molar-refractivity contribution is 7.22. The molecule has 0 amide bonds. The second kappa shape index (κ2) is 4.73. The summed E-state index contributed by atoms with van der Waals surface area (Å²) in [6, 6.07) is 6.25. The van der Waals surface area contributed by atoms with Crippen LogP contribution in [0.5, 0.6) is 0 Å². The van der Waals surface area contributed by atoms with Gasteiger partial charge in [0.15, 0.2) is 5.13 Å². The van der Waals surface area contributed by atoms with Gasteiger partial charge in [0, 0.05) is 12.7 Å². The number of benzene rings is 1. The minimum absolute atomic E-state index is 0.787. The third-order valence-corrected chi connectivity index (χ3v) is 3.69. The highest BCUT2D eigenvalue weighted by Crippen LogP contribution is 2.27. The molecule has 2 heterocycles. The van der Waals surface area contributed by atoms with Crippen LogP contribution in [0.4, 0.5) is 5.13 Å². The lowest BCUT2D eigenvalue weighted by Crippen LogP contribution is -2.10. The first kappa shape index (κ1) is 11.2. The molecule has 0 saturated heterocycles. The third-order valence-electron chi connectivity index (χ3n) is 2.71. The number of nitrogens with one attached hydrogen (secondary N) is 1. The number of hydrogen-bond donors (Lipinski definition) is 1. The molecule has 1 aromatic carbocycles. The van der Waals surface area contributed by atoms with Crippen molar-refractivity contribution in [1.82, 2.24) is 20.0 Å². The summed E-state index contributed by atoms with van der Waals surface area (Å²) in [6.45, 7) is 3.67. The van der Waals surface area contributed by atoms with Crippen LogP contribution in [-0.4, -0.2) is 26.5 Å². The van der Waals surface area contributed by atoms with Gasteiger partial charge in [0.25, 0.3) is 0 Å². The summed E-state index contributed by atoms with van der Waals surface area (Å²) in [5, 5.41) is 12.0. The standard InChI is InChI=1S/C12H13N5S/c1-9-3-2-4-10-11(9)15-12(18-10)13-5-7-17-8-6-14-16-17/h2-4,6,8H,5,7H2,1H3,(H,13,15). The number of fused-ring (bicyclic) bond motifs is 1. The minimum atomic E-state index is 0.787. The average Bonchev–Trinajstić information content (AvgIpc) is 2.98. The third kappa shape index (κ3) is 2.19. The second-order valence-corrected chi connectivity index (χ2v) is 5.06. The minimum Gasteiger partial charge on any atom is -0.360 e. The topological polar surface area (TPSA) is 55.6 Å². The first-order chi connectivity index (χ1) is 8.83. The van der Waals surface area contributed by atoms with E-state index in [-0.39, 0.29) is 0 Å². The lowest BCUT2D eigenvalue weighted by molar-refractivity contribution is 0.609. The Morgan fingerprint density at radius 1 is 1.39 bits per heavy atom. The second-order valence-electron chi connectivity index (χ2n) is 4.03. The number of thiazole rings is 1. The summed E-state index contributed by atoms with van der Waals surface area (Å²) >= 11 is 1.68. The molecule has 18 heavy (non-hydrogen) atoms. The number of aryl methyl sites for hydroxylation is 1. The lowest BCUT2D eigenvalue weighted by Gasteiger charge is -2.01. The first-order valence-corrected chi connectivity index (χ1v) is 6.59. The maximum Gasteiger partial charge on any atom is 0.183 e. The monoisotopic (exact) mass is 259 g/mol. The quantitative estimate of drug-likeness (QED) is 0.781. The van der Waals surface area contributed by atoms with Gasteiger partial charge in [-0.1, -0.05) is 28.7 Å². The van der Waals surface area contributed by atoms with Crippen molar-refractivity contribution >= 4 is 26.7 Å². The number of rotatable bonds is 4. The molecule has 0 saturated carbocycles. The Hall–Kier alpha value is -1.95. The van der Waals surface area contributed by atoms with Gasteiger partial charge in [-0.05, 0) is 18.6 Å². The smallest absolute Gasteiger partial charge is 0.183 e. The van der Waals surface area contributed by atoms with Crippen molar-refractivity contribution in [3.8, 4) is 0 Å². The predicted octanol–water partition coefficient (Wildman–Crippen LogP) is 2.31. The van der Waals surface area contributed by atoms with Crippen molar-refractivity contribution in [3.05, 3.63) is 36.2 Å². The zero-order valence-electron chi connectivity index (χ0n) is 10.00. The Labute approximate surface area is 108 Å². The zero-order chi connectivity index (χ0) is 12.4. The number of aromatic nitrogens is 4. The summed E-state index contributed by atoms with van der Waals surface area (Å²) in [5.41, 5.74) is 2.30. The van der Waals surface area contributed by atoms with Crippen LogP contribution in [-0.2, 0) is 6.54 Å². The molecular weight excluding hydrogens is 246 g/mol. The highest BCUT2D eigenvalue weighted by Gasteiger charge is 2.04. The SMILES string of the molecule is Cc1cccc2sc(NCCn3ccnn3)nc12. The number of para-hydroxylation sites is 1. The molecule has 0 atom stereocenters. The molecule has 6 heteroatoms. The molecule has 0 spiro atoms. The van der Waals surface area contributed by atoms with E-state index in [4.69, 9.17) is 0 Å². The van der Waals surface area contributed by atoms with Crippen molar-refractivity contribution in [2.24, 2.45) is 0 Å². The van der Waals surface area contributed by atoms with Gasteiger partial charge in [-0.15, -0.1) is 5.10 Å². The predicted molar refractivity (Wildman–Crippen MR) is 72.9 cm³/mol. The van der Waals surface area contributed by atoms with Gasteiger partial charge in [-0.25, -0.2) is 4.98 Å². The fourth-order valence-electron chi connectivity index (χ4n) is 1.79. The van der Waals surface area contributed by atoms with Gasteiger partial charge < -0.3 is 5.32 Å². The van der Waals surface area contributed by atoms with Gasteiger partial charge in [0.1, 0.15) is 0 Å². The summed E-state index contributed by atoms with van der Waals surface area (Å²) in [5.74, 6) is 0. The van der Waals surface area contributed by atoms with E-state index in [2.05, 4.69) is 45.7 Å². The van der Waals surface area contributed by atoms with E-state index in [1.807, 2.05) is 6.20 Å². The lowest BCUT2D eigenvalue weighted by atomic mass is 10.2. The summed E-state index contributed by atoms with van der Waals surface area (Å²) in [7, 11) is 0. The molecular formula is C12H13N5S. The van der Waals surface area contributed by atoms with Crippen LogP contribution in [0.1, 0.15) is 5.56 Å². The normalized spacial score (nSPS) is 10.9.